The Morgan fingerprint density at radius 2 is 1.85 bits per heavy atom. The second kappa shape index (κ2) is 7.31. The van der Waals surface area contributed by atoms with Crippen LogP contribution < -0.4 is 0 Å². The van der Waals surface area contributed by atoms with Gasteiger partial charge in [0, 0.05) is 25.5 Å². The summed E-state index contributed by atoms with van der Waals surface area (Å²) in [5.74, 6) is 0. The summed E-state index contributed by atoms with van der Waals surface area (Å²) in [6.45, 7) is 11.1. The van der Waals surface area contributed by atoms with E-state index in [4.69, 9.17) is 4.74 Å². The molecule has 0 aliphatic carbocycles. The van der Waals surface area contributed by atoms with Gasteiger partial charge < -0.3 is 9.64 Å². The van der Waals surface area contributed by atoms with Crippen molar-refractivity contribution in [2.24, 2.45) is 0 Å². The number of nitrogens with zero attached hydrogens (tertiary/aromatic N) is 3. The summed E-state index contributed by atoms with van der Waals surface area (Å²) in [5.41, 5.74) is -0.421. The highest BCUT2D eigenvalue weighted by atomic mass is 16.6. The number of amides is 1. The Morgan fingerprint density at radius 1 is 1.25 bits per heavy atom. The third-order valence-corrected chi connectivity index (χ3v) is 3.02. The molecule has 1 saturated heterocycles. The standard InChI is InChI=1S/C13H21N3O2.C2H6/c1-13(2,3)18-12(17)15-9-5-11(6-10-15)16-8-4-7-14-16;1-2/h4,7-8,11H,5-6,9-10H2,1-3H3;1-2H3. The Labute approximate surface area is 121 Å². The van der Waals surface area contributed by atoms with Crippen LogP contribution in [-0.2, 0) is 4.74 Å². The number of likely N-dealkylation sites (tertiary alicyclic amines) is 1. The number of hydrogen-bond donors (Lipinski definition) is 0. The third kappa shape index (κ3) is 4.87. The Bertz CT molecular complexity index is 388. The van der Waals surface area contributed by atoms with E-state index in [2.05, 4.69) is 5.10 Å². The average molecular weight is 281 g/mol. The molecule has 5 nitrogen and oxygen atoms in total. The largest absolute Gasteiger partial charge is 0.444 e. The molecule has 5 heteroatoms. The van der Waals surface area contributed by atoms with Crippen molar-refractivity contribution in [1.29, 1.82) is 0 Å². The summed E-state index contributed by atoms with van der Waals surface area (Å²) in [5, 5.41) is 4.25. The van der Waals surface area contributed by atoms with Gasteiger partial charge in [-0.15, -0.1) is 0 Å². The van der Waals surface area contributed by atoms with Crippen molar-refractivity contribution < 1.29 is 9.53 Å². The molecule has 20 heavy (non-hydrogen) atoms. The smallest absolute Gasteiger partial charge is 0.410 e. The van der Waals surface area contributed by atoms with Crippen molar-refractivity contribution in [3.05, 3.63) is 18.5 Å². The maximum Gasteiger partial charge on any atom is 0.410 e. The van der Waals surface area contributed by atoms with Crippen LogP contribution in [0.2, 0.25) is 0 Å². The number of piperidine rings is 1. The van der Waals surface area contributed by atoms with E-state index in [1.54, 1.807) is 11.1 Å². The first-order valence-corrected chi connectivity index (χ1v) is 7.43. The van der Waals surface area contributed by atoms with Crippen LogP contribution in [0.1, 0.15) is 53.5 Å². The molecule has 0 bridgehead atoms. The van der Waals surface area contributed by atoms with Gasteiger partial charge in [-0.05, 0) is 39.7 Å². The number of ether oxygens (including phenoxy) is 1. The van der Waals surface area contributed by atoms with Crippen molar-refractivity contribution >= 4 is 6.09 Å². The predicted molar refractivity (Wildman–Crippen MR) is 79.7 cm³/mol. The Morgan fingerprint density at radius 3 is 2.30 bits per heavy atom. The zero-order chi connectivity index (χ0) is 15.2. The molecule has 0 spiro atoms. The quantitative estimate of drug-likeness (QED) is 0.791. The fraction of sp³-hybridized carbons (Fsp3) is 0.733. The molecule has 0 unspecified atom stereocenters. The van der Waals surface area contributed by atoms with Crippen LogP contribution in [-0.4, -0.2) is 39.5 Å². The fourth-order valence-electron chi connectivity index (χ4n) is 2.14. The molecule has 0 atom stereocenters. The van der Waals surface area contributed by atoms with Gasteiger partial charge in [0.25, 0.3) is 0 Å². The third-order valence-electron chi connectivity index (χ3n) is 3.02. The molecule has 1 aliphatic heterocycles. The van der Waals surface area contributed by atoms with Gasteiger partial charge in [-0.1, -0.05) is 13.8 Å². The van der Waals surface area contributed by atoms with Gasteiger partial charge in [-0.2, -0.15) is 5.10 Å². The summed E-state index contributed by atoms with van der Waals surface area (Å²) in [4.78, 5) is 13.7. The first kappa shape index (κ1) is 16.5. The maximum absolute atomic E-state index is 11.9. The molecule has 2 rings (SSSR count). The van der Waals surface area contributed by atoms with Crippen molar-refractivity contribution in [2.75, 3.05) is 13.1 Å². The lowest BCUT2D eigenvalue weighted by molar-refractivity contribution is 0.0185. The highest BCUT2D eigenvalue weighted by Crippen LogP contribution is 2.22. The topological polar surface area (TPSA) is 47.4 Å². The molecule has 1 aromatic rings. The normalized spacial score (nSPS) is 16.4. The first-order chi connectivity index (χ1) is 9.46. The maximum atomic E-state index is 11.9. The summed E-state index contributed by atoms with van der Waals surface area (Å²) >= 11 is 0. The highest BCUT2D eigenvalue weighted by Gasteiger charge is 2.27. The molecular formula is C15H27N3O2. The fourth-order valence-corrected chi connectivity index (χ4v) is 2.14. The highest BCUT2D eigenvalue weighted by molar-refractivity contribution is 5.68. The molecule has 114 valence electrons. The van der Waals surface area contributed by atoms with Gasteiger partial charge in [0.05, 0.1) is 6.04 Å². The summed E-state index contributed by atoms with van der Waals surface area (Å²) in [6.07, 6.45) is 5.43. The van der Waals surface area contributed by atoms with Gasteiger partial charge in [-0.3, -0.25) is 4.68 Å². The van der Waals surface area contributed by atoms with Crippen LogP contribution in [0.3, 0.4) is 0 Å². The van der Waals surface area contributed by atoms with Crippen molar-refractivity contribution in [2.45, 2.75) is 59.1 Å². The van der Waals surface area contributed by atoms with Crippen LogP contribution in [0.25, 0.3) is 0 Å². The van der Waals surface area contributed by atoms with Gasteiger partial charge in [0.2, 0.25) is 0 Å². The second-order valence-corrected chi connectivity index (χ2v) is 5.68. The van der Waals surface area contributed by atoms with Gasteiger partial charge in [0.1, 0.15) is 5.60 Å². The van der Waals surface area contributed by atoms with Crippen molar-refractivity contribution in [1.82, 2.24) is 14.7 Å². The van der Waals surface area contributed by atoms with Crippen LogP contribution in [0.5, 0.6) is 0 Å². The zero-order valence-corrected chi connectivity index (χ0v) is 13.3. The predicted octanol–water partition coefficient (Wildman–Crippen LogP) is 3.48. The minimum Gasteiger partial charge on any atom is -0.444 e. The SMILES string of the molecule is CC.CC(C)(C)OC(=O)N1CCC(n2cccn2)CC1. The lowest BCUT2D eigenvalue weighted by atomic mass is 10.1. The number of hydrogen-bond acceptors (Lipinski definition) is 3. The number of rotatable bonds is 1. The molecule has 1 aliphatic rings. The van der Waals surface area contributed by atoms with Gasteiger partial charge in [0.15, 0.2) is 0 Å². The van der Waals surface area contributed by atoms with E-state index < -0.39 is 5.60 Å². The molecule has 0 saturated carbocycles. The molecule has 0 aromatic carbocycles. The van der Waals surface area contributed by atoms with E-state index in [0.717, 1.165) is 25.9 Å². The monoisotopic (exact) mass is 281 g/mol. The minimum absolute atomic E-state index is 0.207. The van der Waals surface area contributed by atoms with Gasteiger partial charge >= 0.3 is 6.09 Å². The van der Waals surface area contributed by atoms with Crippen LogP contribution in [0, 0.1) is 0 Å². The zero-order valence-electron chi connectivity index (χ0n) is 13.3. The van der Waals surface area contributed by atoms with E-state index in [1.165, 1.54) is 0 Å². The lowest BCUT2D eigenvalue weighted by Crippen LogP contribution is -2.42. The van der Waals surface area contributed by atoms with E-state index in [0.29, 0.717) is 6.04 Å². The molecule has 0 N–H and O–H groups in total. The van der Waals surface area contributed by atoms with E-state index >= 15 is 0 Å². The number of carbonyl (C=O) groups is 1. The van der Waals surface area contributed by atoms with E-state index in [-0.39, 0.29) is 6.09 Å². The minimum atomic E-state index is -0.421. The number of aromatic nitrogens is 2. The van der Waals surface area contributed by atoms with Crippen LogP contribution >= 0.6 is 0 Å². The summed E-state index contributed by atoms with van der Waals surface area (Å²) in [6, 6.07) is 2.33. The van der Waals surface area contributed by atoms with E-state index in [1.807, 2.05) is 51.6 Å². The Balaban J connectivity index is 0.000000956. The Hall–Kier alpha value is -1.52. The van der Waals surface area contributed by atoms with Crippen molar-refractivity contribution in [3.8, 4) is 0 Å². The molecular weight excluding hydrogens is 254 g/mol. The molecule has 2 heterocycles. The molecule has 1 amide bonds. The average Bonchev–Trinajstić information content (AvgIpc) is 2.93. The molecule has 0 radical (unpaired) electrons. The first-order valence-electron chi connectivity index (χ1n) is 7.43. The molecule has 1 aromatic heterocycles. The Kier molecular flexibility index (Phi) is 6.05. The van der Waals surface area contributed by atoms with E-state index in [9.17, 15) is 4.79 Å². The van der Waals surface area contributed by atoms with Gasteiger partial charge in [-0.25, -0.2) is 4.79 Å². The summed E-state index contributed by atoms with van der Waals surface area (Å²) in [7, 11) is 0. The molecule has 1 fully saturated rings. The van der Waals surface area contributed by atoms with Crippen LogP contribution in [0.4, 0.5) is 4.79 Å². The summed E-state index contributed by atoms with van der Waals surface area (Å²) < 4.78 is 7.35. The lowest BCUT2D eigenvalue weighted by Gasteiger charge is -2.33. The number of carbonyl (C=O) groups excluding carboxylic acids is 1. The van der Waals surface area contributed by atoms with Crippen molar-refractivity contribution in [3.63, 3.8) is 0 Å². The van der Waals surface area contributed by atoms with Crippen LogP contribution in [0.15, 0.2) is 18.5 Å². The second-order valence-electron chi connectivity index (χ2n) is 5.68.